The van der Waals surface area contributed by atoms with Gasteiger partial charge in [0.25, 0.3) is 0 Å². The zero-order valence-corrected chi connectivity index (χ0v) is 29.8. The summed E-state index contributed by atoms with van der Waals surface area (Å²) in [6.07, 6.45) is 8.35. The van der Waals surface area contributed by atoms with Crippen LogP contribution < -0.4 is 4.90 Å². The molecule has 3 aliphatic carbocycles. The minimum atomic E-state index is -0.156. The topological polar surface area (TPSA) is 155 Å². The quantitative estimate of drug-likeness (QED) is 0.0763. The number of nitrogens with zero attached hydrogens (tertiary/aromatic N) is 5. The van der Waals surface area contributed by atoms with Gasteiger partial charge >= 0.3 is 0 Å². The van der Waals surface area contributed by atoms with Crippen molar-refractivity contribution in [3.8, 4) is 33.4 Å². The SMILES string of the molecule is CC1(C)c2ccccc2-c2cccc(-c3ccc(-c4ccc(N(C5=CC=C/C(=N/O)C5=N)C5=CC=C(c6ccccc6)C(=N)/C5=N\O)c5nonc45)cc3)c21. The lowest BCUT2D eigenvalue weighted by molar-refractivity contribution is 0.315. The second-order valence-corrected chi connectivity index (χ2v) is 14.0. The first-order valence-electron chi connectivity index (χ1n) is 17.7. The van der Waals surface area contributed by atoms with Crippen LogP contribution in [0.1, 0.15) is 30.5 Å². The van der Waals surface area contributed by atoms with Crippen LogP contribution in [-0.2, 0) is 5.41 Å². The third-order valence-electron chi connectivity index (χ3n) is 10.7. The van der Waals surface area contributed by atoms with Gasteiger partial charge in [-0.05, 0) is 91.3 Å². The van der Waals surface area contributed by atoms with Crippen LogP contribution in [0.5, 0.6) is 0 Å². The number of benzene rings is 5. The summed E-state index contributed by atoms with van der Waals surface area (Å²) in [5.74, 6) is 0. The fraction of sp³-hybridized carbons (Fsp3) is 0.0667. The third kappa shape index (κ3) is 5.18. The van der Waals surface area contributed by atoms with Crippen molar-refractivity contribution < 1.29 is 15.0 Å². The van der Waals surface area contributed by atoms with E-state index in [1.165, 1.54) is 33.9 Å². The second-order valence-electron chi connectivity index (χ2n) is 14.0. The minimum absolute atomic E-state index is 0.0201. The average Bonchev–Trinajstić information content (AvgIpc) is 3.81. The van der Waals surface area contributed by atoms with Crippen LogP contribution in [0.4, 0.5) is 5.69 Å². The van der Waals surface area contributed by atoms with E-state index in [1.54, 1.807) is 29.2 Å². The van der Waals surface area contributed by atoms with Crippen molar-refractivity contribution in [1.82, 2.24) is 10.3 Å². The van der Waals surface area contributed by atoms with Gasteiger partial charge in [0.05, 0.1) is 22.8 Å². The van der Waals surface area contributed by atoms with Gasteiger partial charge in [0, 0.05) is 16.6 Å². The Morgan fingerprint density at radius 3 is 2.07 bits per heavy atom. The van der Waals surface area contributed by atoms with Gasteiger partial charge in [-0.15, -0.1) is 0 Å². The fourth-order valence-corrected chi connectivity index (χ4v) is 8.09. The zero-order valence-electron chi connectivity index (χ0n) is 29.8. The van der Waals surface area contributed by atoms with E-state index in [0.29, 0.717) is 22.3 Å². The van der Waals surface area contributed by atoms with E-state index in [0.717, 1.165) is 22.3 Å². The van der Waals surface area contributed by atoms with Crippen molar-refractivity contribution in [3.63, 3.8) is 0 Å². The van der Waals surface area contributed by atoms with E-state index in [4.69, 9.17) is 15.4 Å². The molecule has 0 aliphatic heterocycles. The van der Waals surface area contributed by atoms with Gasteiger partial charge in [0.1, 0.15) is 16.9 Å². The maximum atomic E-state index is 10.4. The number of allylic oxidation sites excluding steroid dienone is 8. The highest BCUT2D eigenvalue weighted by molar-refractivity contribution is 6.63. The molecule has 0 unspecified atom stereocenters. The Balaban J connectivity index is 1.15. The monoisotopic (exact) mass is 719 g/mol. The van der Waals surface area contributed by atoms with Gasteiger partial charge in [-0.3, -0.25) is 10.8 Å². The maximum absolute atomic E-state index is 10.4. The molecule has 266 valence electrons. The van der Waals surface area contributed by atoms with E-state index >= 15 is 0 Å². The summed E-state index contributed by atoms with van der Waals surface area (Å²) in [7, 11) is 0. The van der Waals surface area contributed by atoms with E-state index in [9.17, 15) is 10.4 Å². The number of hydrogen-bond donors (Lipinski definition) is 4. The van der Waals surface area contributed by atoms with Gasteiger partial charge in [-0.25, -0.2) is 4.63 Å². The van der Waals surface area contributed by atoms with Crippen LogP contribution in [-0.4, -0.2) is 43.6 Å². The first-order valence-corrected chi connectivity index (χ1v) is 17.7. The number of hydrogen-bond acceptors (Lipinski definition) is 10. The van der Waals surface area contributed by atoms with Gasteiger partial charge in [-0.2, -0.15) is 0 Å². The van der Waals surface area contributed by atoms with E-state index in [-0.39, 0.29) is 39.7 Å². The Labute approximate surface area is 316 Å². The van der Waals surface area contributed by atoms with Crippen molar-refractivity contribution in [3.05, 3.63) is 168 Å². The van der Waals surface area contributed by atoms with Crippen molar-refractivity contribution >= 4 is 45.1 Å². The third-order valence-corrected chi connectivity index (χ3v) is 10.7. The van der Waals surface area contributed by atoms with Crippen LogP contribution in [0.3, 0.4) is 0 Å². The molecule has 0 bridgehead atoms. The molecule has 1 aromatic heterocycles. The molecular formula is C45H33N7O3. The molecule has 9 rings (SSSR count). The largest absolute Gasteiger partial charge is 0.410 e. The highest BCUT2D eigenvalue weighted by Crippen LogP contribution is 2.52. The minimum Gasteiger partial charge on any atom is -0.410 e. The molecule has 4 N–H and O–H groups in total. The first-order chi connectivity index (χ1) is 26.8. The summed E-state index contributed by atoms with van der Waals surface area (Å²) in [6.45, 7) is 4.57. The molecule has 0 saturated carbocycles. The molecule has 0 radical (unpaired) electrons. The Bertz CT molecular complexity index is 2780. The van der Waals surface area contributed by atoms with Gasteiger partial charge < -0.3 is 15.3 Å². The number of nitrogens with one attached hydrogen (secondary N) is 2. The lowest BCUT2D eigenvalue weighted by Crippen LogP contribution is -2.37. The Morgan fingerprint density at radius 2 is 1.31 bits per heavy atom. The number of rotatable bonds is 6. The molecule has 0 fully saturated rings. The van der Waals surface area contributed by atoms with Gasteiger partial charge in [0.15, 0.2) is 11.2 Å². The first kappa shape index (κ1) is 33.4. The summed E-state index contributed by atoms with van der Waals surface area (Å²) >= 11 is 0. The lowest BCUT2D eigenvalue weighted by Gasteiger charge is -2.32. The van der Waals surface area contributed by atoms with Crippen LogP contribution >= 0.6 is 0 Å². The molecule has 55 heavy (non-hydrogen) atoms. The van der Waals surface area contributed by atoms with Crippen molar-refractivity contribution in [2.45, 2.75) is 19.3 Å². The smallest absolute Gasteiger partial charge is 0.159 e. The van der Waals surface area contributed by atoms with Crippen LogP contribution in [0.25, 0.3) is 50.0 Å². The Hall–Kier alpha value is -7.46. The summed E-state index contributed by atoms with van der Waals surface area (Å²) in [5.41, 5.74) is 12.0. The van der Waals surface area contributed by atoms with Gasteiger partial charge in [0.2, 0.25) is 0 Å². The molecule has 0 spiro atoms. The van der Waals surface area contributed by atoms with Crippen LogP contribution in [0, 0.1) is 10.8 Å². The average molecular weight is 720 g/mol. The number of fused-ring (bicyclic) bond motifs is 4. The second kappa shape index (κ2) is 12.9. The molecule has 10 heteroatoms. The highest BCUT2D eigenvalue weighted by Gasteiger charge is 2.37. The van der Waals surface area contributed by atoms with Crippen molar-refractivity contribution in [2.75, 3.05) is 4.90 Å². The summed E-state index contributed by atoms with van der Waals surface area (Å²) in [6, 6.07) is 36.6. The van der Waals surface area contributed by atoms with Gasteiger partial charge in [-0.1, -0.05) is 127 Å². The molecule has 0 saturated heterocycles. The van der Waals surface area contributed by atoms with Crippen LogP contribution in [0.15, 0.2) is 166 Å². The normalized spacial score (nSPS) is 17.2. The molecular weight excluding hydrogens is 687 g/mol. The van der Waals surface area contributed by atoms with Crippen molar-refractivity contribution in [2.24, 2.45) is 10.3 Å². The summed E-state index contributed by atoms with van der Waals surface area (Å²) < 4.78 is 5.38. The number of anilines is 1. The molecule has 0 amide bonds. The van der Waals surface area contributed by atoms with E-state index in [2.05, 4.69) is 101 Å². The zero-order chi connectivity index (χ0) is 37.8. The molecule has 6 aromatic rings. The summed E-state index contributed by atoms with van der Waals surface area (Å²) in [4.78, 5) is 1.65. The number of oxime groups is 2. The Morgan fingerprint density at radius 1 is 0.618 bits per heavy atom. The standard InChI is InChI=1S/C45H33N7O3/c1-45(2)34-15-7-6-12-32(34)33-14-8-13-29(39(33)45)27-18-20-28(21-19-27)31-23-25-38(44-42(31)50-55-51-44)52(36-17-9-16-35(48-53)41(36)47)37-24-22-30(40(46)43(37)49-54)26-10-4-3-5-11-26/h3-25,46-47,53-54H,1-2H3/b46-40?,47-41?,48-35-,49-43-. The fourth-order valence-electron chi connectivity index (χ4n) is 8.09. The van der Waals surface area contributed by atoms with E-state index in [1.807, 2.05) is 42.5 Å². The Kier molecular flexibility index (Phi) is 7.82. The van der Waals surface area contributed by atoms with Crippen LogP contribution in [0.2, 0.25) is 0 Å². The number of aromatic nitrogens is 2. The van der Waals surface area contributed by atoms with E-state index < -0.39 is 0 Å². The molecule has 3 aliphatic rings. The molecule has 10 nitrogen and oxygen atoms in total. The molecule has 0 atom stereocenters. The summed E-state index contributed by atoms with van der Waals surface area (Å²) in [5, 5.41) is 53.8. The lowest BCUT2D eigenvalue weighted by atomic mass is 9.79. The highest BCUT2D eigenvalue weighted by atomic mass is 16.6. The predicted octanol–water partition coefficient (Wildman–Crippen LogP) is 9.80. The molecule has 1 heterocycles. The van der Waals surface area contributed by atoms with Crippen molar-refractivity contribution in [1.29, 1.82) is 10.8 Å². The predicted molar refractivity (Wildman–Crippen MR) is 216 cm³/mol. The maximum Gasteiger partial charge on any atom is 0.159 e. The molecule has 5 aromatic carbocycles.